The first-order valence-electron chi connectivity index (χ1n) is 6.18. The average molecular weight is 259 g/mol. The molecule has 1 aliphatic rings. The van der Waals surface area contributed by atoms with Crippen molar-refractivity contribution in [1.29, 1.82) is 0 Å². The standard InChI is InChI=1S/C15H17NO3/c1-4-11-8-14(17)16(9-11)13-6-5-12(7-10(13)2)15(18)19-3/h4-7,11H,1,8-9H2,2-3H3. The van der Waals surface area contributed by atoms with Crippen LogP contribution in [0.1, 0.15) is 22.3 Å². The zero-order valence-corrected chi connectivity index (χ0v) is 11.2. The molecule has 1 amide bonds. The Kier molecular flexibility index (Phi) is 3.69. The molecule has 0 N–H and O–H groups in total. The van der Waals surface area contributed by atoms with Gasteiger partial charge in [-0.25, -0.2) is 4.79 Å². The van der Waals surface area contributed by atoms with E-state index in [2.05, 4.69) is 11.3 Å². The van der Waals surface area contributed by atoms with Crippen molar-refractivity contribution in [3.63, 3.8) is 0 Å². The second-order valence-corrected chi connectivity index (χ2v) is 4.70. The summed E-state index contributed by atoms with van der Waals surface area (Å²) in [6.07, 6.45) is 2.32. The molecule has 19 heavy (non-hydrogen) atoms. The number of amides is 1. The minimum atomic E-state index is -0.369. The van der Waals surface area contributed by atoms with E-state index in [1.807, 2.05) is 13.0 Å². The first kappa shape index (κ1) is 13.3. The lowest BCUT2D eigenvalue weighted by atomic mass is 10.1. The number of ether oxygens (including phenoxy) is 1. The van der Waals surface area contributed by atoms with Crippen molar-refractivity contribution in [3.8, 4) is 0 Å². The number of aryl methyl sites for hydroxylation is 1. The second kappa shape index (κ2) is 5.26. The highest BCUT2D eigenvalue weighted by atomic mass is 16.5. The fraction of sp³-hybridized carbons (Fsp3) is 0.333. The summed E-state index contributed by atoms with van der Waals surface area (Å²) in [6.45, 7) is 6.27. The number of hydrogen-bond acceptors (Lipinski definition) is 3. The summed E-state index contributed by atoms with van der Waals surface area (Å²) >= 11 is 0. The van der Waals surface area contributed by atoms with Crippen LogP contribution in [0.2, 0.25) is 0 Å². The zero-order chi connectivity index (χ0) is 14.0. The average Bonchev–Trinajstić information content (AvgIpc) is 2.79. The number of esters is 1. The molecule has 1 aromatic carbocycles. The molecule has 0 bridgehead atoms. The van der Waals surface area contributed by atoms with E-state index in [0.717, 1.165) is 11.3 Å². The number of anilines is 1. The van der Waals surface area contributed by atoms with Crippen molar-refractivity contribution >= 4 is 17.6 Å². The van der Waals surface area contributed by atoms with Gasteiger partial charge in [0.1, 0.15) is 0 Å². The van der Waals surface area contributed by atoms with Gasteiger partial charge in [0.15, 0.2) is 0 Å². The molecular formula is C15H17NO3. The molecule has 0 spiro atoms. The molecule has 1 atom stereocenters. The van der Waals surface area contributed by atoms with Crippen LogP contribution >= 0.6 is 0 Å². The second-order valence-electron chi connectivity index (χ2n) is 4.70. The third kappa shape index (κ3) is 2.52. The smallest absolute Gasteiger partial charge is 0.337 e. The molecule has 1 unspecified atom stereocenters. The minimum Gasteiger partial charge on any atom is -0.465 e. The van der Waals surface area contributed by atoms with Gasteiger partial charge in [-0.1, -0.05) is 6.08 Å². The van der Waals surface area contributed by atoms with Crippen LogP contribution in [0.15, 0.2) is 30.9 Å². The number of benzene rings is 1. The highest BCUT2D eigenvalue weighted by Gasteiger charge is 2.29. The molecule has 4 heteroatoms. The Morgan fingerprint density at radius 1 is 1.53 bits per heavy atom. The topological polar surface area (TPSA) is 46.6 Å². The van der Waals surface area contributed by atoms with Crippen LogP contribution in [0.5, 0.6) is 0 Å². The number of methoxy groups -OCH3 is 1. The summed E-state index contributed by atoms with van der Waals surface area (Å²) < 4.78 is 4.68. The van der Waals surface area contributed by atoms with Gasteiger partial charge in [-0.3, -0.25) is 4.79 Å². The number of rotatable bonds is 3. The normalized spacial score (nSPS) is 18.5. The van der Waals surface area contributed by atoms with Gasteiger partial charge in [0.25, 0.3) is 0 Å². The van der Waals surface area contributed by atoms with Crippen LogP contribution in [-0.2, 0) is 9.53 Å². The van der Waals surface area contributed by atoms with Crippen molar-refractivity contribution in [1.82, 2.24) is 0 Å². The Morgan fingerprint density at radius 2 is 2.26 bits per heavy atom. The summed E-state index contributed by atoms with van der Waals surface area (Å²) in [5, 5.41) is 0. The van der Waals surface area contributed by atoms with E-state index in [9.17, 15) is 9.59 Å². The molecule has 100 valence electrons. The molecule has 0 radical (unpaired) electrons. The van der Waals surface area contributed by atoms with Gasteiger partial charge >= 0.3 is 5.97 Å². The fourth-order valence-corrected chi connectivity index (χ4v) is 2.33. The first-order chi connectivity index (χ1) is 9.06. The molecule has 1 saturated heterocycles. The molecule has 1 aliphatic heterocycles. The minimum absolute atomic E-state index is 0.0961. The van der Waals surface area contributed by atoms with Crippen LogP contribution in [0.3, 0.4) is 0 Å². The molecule has 1 heterocycles. The van der Waals surface area contributed by atoms with Gasteiger partial charge in [0.05, 0.1) is 12.7 Å². The monoisotopic (exact) mass is 259 g/mol. The Labute approximate surface area is 112 Å². The van der Waals surface area contributed by atoms with Crippen LogP contribution in [-0.4, -0.2) is 25.5 Å². The van der Waals surface area contributed by atoms with Crippen LogP contribution in [0.4, 0.5) is 5.69 Å². The third-order valence-electron chi connectivity index (χ3n) is 3.40. The van der Waals surface area contributed by atoms with Gasteiger partial charge in [-0.2, -0.15) is 0 Å². The van der Waals surface area contributed by atoms with Gasteiger partial charge in [0, 0.05) is 24.6 Å². The van der Waals surface area contributed by atoms with E-state index in [4.69, 9.17) is 0 Å². The number of carbonyl (C=O) groups excluding carboxylic acids is 2. The van der Waals surface area contributed by atoms with E-state index in [1.54, 1.807) is 23.1 Å². The van der Waals surface area contributed by atoms with Crippen molar-refractivity contribution in [2.45, 2.75) is 13.3 Å². The van der Waals surface area contributed by atoms with E-state index in [1.165, 1.54) is 7.11 Å². The molecular weight excluding hydrogens is 242 g/mol. The Bertz CT molecular complexity index is 536. The van der Waals surface area contributed by atoms with Gasteiger partial charge in [-0.15, -0.1) is 6.58 Å². The maximum absolute atomic E-state index is 12.0. The van der Waals surface area contributed by atoms with E-state index in [-0.39, 0.29) is 17.8 Å². The summed E-state index contributed by atoms with van der Waals surface area (Å²) in [6, 6.07) is 5.23. The Hall–Kier alpha value is -2.10. The van der Waals surface area contributed by atoms with Crippen LogP contribution < -0.4 is 4.90 Å². The maximum atomic E-state index is 12.0. The van der Waals surface area contributed by atoms with Crippen molar-refractivity contribution in [3.05, 3.63) is 42.0 Å². The highest BCUT2D eigenvalue weighted by Crippen LogP contribution is 2.28. The van der Waals surface area contributed by atoms with Crippen molar-refractivity contribution < 1.29 is 14.3 Å². The summed E-state index contributed by atoms with van der Waals surface area (Å²) in [7, 11) is 1.35. The highest BCUT2D eigenvalue weighted by molar-refractivity contribution is 5.97. The maximum Gasteiger partial charge on any atom is 0.337 e. The lowest BCUT2D eigenvalue weighted by molar-refractivity contribution is -0.117. The molecule has 1 aromatic rings. The van der Waals surface area contributed by atoms with Crippen molar-refractivity contribution in [2.24, 2.45) is 5.92 Å². The molecule has 0 aliphatic carbocycles. The summed E-state index contributed by atoms with van der Waals surface area (Å²) in [4.78, 5) is 25.2. The molecule has 4 nitrogen and oxygen atoms in total. The predicted octanol–water partition coefficient (Wildman–Crippen LogP) is 2.32. The van der Waals surface area contributed by atoms with Gasteiger partial charge < -0.3 is 9.64 Å². The fourth-order valence-electron chi connectivity index (χ4n) is 2.33. The summed E-state index contributed by atoms with van der Waals surface area (Å²) in [5.74, 6) is -0.0719. The van der Waals surface area contributed by atoms with Gasteiger partial charge in [0.2, 0.25) is 5.91 Å². The molecule has 2 rings (SSSR count). The number of carbonyl (C=O) groups is 2. The largest absolute Gasteiger partial charge is 0.465 e. The lowest BCUT2D eigenvalue weighted by Gasteiger charge is -2.19. The quantitative estimate of drug-likeness (QED) is 0.618. The lowest BCUT2D eigenvalue weighted by Crippen LogP contribution is -2.25. The van der Waals surface area contributed by atoms with E-state index < -0.39 is 0 Å². The Balaban J connectivity index is 2.29. The predicted molar refractivity (Wildman–Crippen MR) is 73.2 cm³/mol. The van der Waals surface area contributed by atoms with E-state index in [0.29, 0.717) is 18.5 Å². The number of nitrogens with zero attached hydrogens (tertiary/aromatic N) is 1. The molecule has 0 saturated carbocycles. The third-order valence-corrected chi connectivity index (χ3v) is 3.40. The van der Waals surface area contributed by atoms with Crippen LogP contribution in [0.25, 0.3) is 0 Å². The zero-order valence-electron chi connectivity index (χ0n) is 11.2. The Morgan fingerprint density at radius 3 is 2.79 bits per heavy atom. The summed E-state index contributed by atoms with van der Waals surface area (Å²) in [5.41, 5.74) is 2.23. The van der Waals surface area contributed by atoms with Gasteiger partial charge in [-0.05, 0) is 30.7 Å². The SMILES string of the molecule is C=CC1CC(=O)N(c2ccc(C(=O)OC)cc2C)C1. The number of hydrogen-bond donors (Lipinski definition) is 0. The van der Waals surface area contributed by atoms with Crippen molar-refractivity contribution in [2.75, 3.05) is 18.6 Å². The first-order valence-corrected chi connectivity index (χ1v) is 6.18. The van der Waals surface area contributed by atoms with E-state index >= 15 is 0 Å². The molecule has 1 fully saturated rings. The molecule has 0 aromatic heterocycles. The van der Waals surface area contributed by atoms with Crippen LogP contribution in [0, 0.1) is 12.8 Å².